The predicted molar refractivity (Wildman–Crippen MR) is 189 cm³/mol. The van der Waals surface area contributed by atoms with Crippen molar-refractivity contribution in [3.63, 3.8) is 0 Å². The van der Waals surface area contributed by atoms with Crippen LogP contribution in [0, 0.1) is 17.0 Å². The molecule has 0 fully saturated rings. The minimum atomic E-state index is -0.849. The van der Waals surface area contributed by atoms with Gasteiger partial charge in [-0.05, 0) is 61.6 Å². The lowest BCUT2D eigenvalue weighted by molar-refractivity contribution is -0.136. The molecular formula is C38H41F2N5O3S. The number of allylic oxidation sites excluding steroid dienone is 1. The van der Waals surface area contributed by atoms with Gasteiger partial charge in [0.05, 0.1) is 12.2 Å². The average Bonchev–Trinajstić information content (AvgIpc) is 3.75. The van der Waals surface area contributed by atoms with Crippen LogP contribution in [0.15, 0.2) is 78.1 Å². The smallest absolute Gasteiger partial charge is 0.303 e. The molecule has 0 amide bonds. The highest BCUT2D eigenvalue weighted by molar-refractivity contribution is 7.13. The number of nitrogens with one attached hydrogen (secondary N) is 1. The first-order valence-corrected chi connectivity index (χ1v) is 17.2. The standard InChI is InChI=1S/C38H41F2N5O3S/c1-37(2)14-4-5-15-38(3,24-8-6-7-23(17-24)9-12-34(46)47)33-22-49-36(44-33)27-18-25(10-11-29(27)39)48-35-28(20-45(42)21-32(37)41)26-13-16-43-31(26)19-30(35)40/h6-8,10-11,13,16-19,21-22,43H,4-5,9,12,14-15,20,41-42H2,1-3H3,(H,46,47)/b32-21-. The number of fused-ring (bicyclic) bond motifs is 8. The number of hydrogen-bond donors (Lipinski definition) is 4. The van der Waals surface area contributed by atoms with Crippen LogP contribution < -0.4 is 16.3 Å². The molecule has 0 saturated heterocycles. The van der Waals surface area contributed by atoms with Gasteiger partial charge in [-0.1, -0.05) is 51.0 Å². The van der Waals surface area contributed by atoms with Crippen molar-refractivity contribution in [2.24, 2.45) is 17.0 Å². The Balaban J connectivity index is 1.46. The molecule has 5 aromatic rings. The second-order valence-electron chi connectivity index (χ2n) is 13.7. The topological polar surface area (TPSA) is 130 Å². The van der Waals surface area contributed by atoms with Crippen molar-refractivity contribution in [3.05, 3.63) is 112 Å². The van der Waals surface area contributed by atoms with Crippen LogP contribution in [-0.2, 0) is 23.2 Å². The number of carboxylic acids is 1. The summed E-state index contributed by atoms with van der Waals surface area (Å²) in [4.78, 5) is 19.4. The van der Waals surface area contributed by atoms with E-state index in [0.29, 0.717) is 28.2 Å². The predicted octanol–water partition coefficient (Wildman–Crippen LogP) is 8.76. The van der Waals surface area contributed by atoms with Crippen molar-refractivity contribution < 1.29 is 23.4 Å². The van der Waals surface area contributed by atoms with Crippen LogP contribution in [-0.4, -0.2) is 26.1 Å². The van der Waals surface area contributed by atoms with Gasteiger partial charge in [-0.3, -0.25) is 4.79 Å². The van der Waals surface area contributed by atoms with Crippen molar-refractivity contribution in [1.82, 2.24) is 15.0 Å². The number of hydrazine groups is 1. The van der Waals surface area contributed by atoms with E-state index in [1.807, 2.05) is 29.6 Å². The zero-order valence-corrected chi connectivity index (χ0v) is 28.7. The lowest BCUT2D eigenvalue weighted by Crippen LogP contribution is -2.30. The maximum Gasteiger partial charge on any atom is 0.303 e. The quantitative estimate of drug-likeness (QED) is 0.139. The largest absolute Gasteiger partial charge is 0.481 e. The van der Waals surface area contributed by atoms with Crippen LogP contribution in [0.1, 0.15) is 75.3 Å². The molecule has 11 heteroatoms. The molecule has 2 aromatic heterocycles. The number of hydrogen-bond acceptors (Lipinski definition) is 7. The number of benzene rings is 3. The minimum Gasteiger partial charge on any atom is -0.481 e. The van der Waals surface area contributed by atoms with Crippen LogP contribution >= 0.6 is 11.3 Å². The van der Waals surface area contributed by atoms with Crippen LogP contribution in [0.3, 0.4) is 0 Å². The summed E-state index contributed by atoms with van der Waals surface area (Å²) in [6, 6.07) is 15.5. The van der Waals surface area contributed by atoms with Crippen LogP contribution in [0.25, 0.3) is 21.5 Å². The summed E-state index contributed by atoms with van der Waals surface area (Å²) >= 11 is 1.33. The van der Waals surface area contributed by atoms with E-state index in [1.165, 1.54) is 34.5 Å². The summed E-state index contributed by atoms with van der Waals surface area (Å²) in [5.41, 5.74) is 10.4. The fourth-order valence-electron chi connectivity index (χ4n) is 6.50. The second kappa shape index (κ2) is 13.6. The highest BCUT2D eigenvalue weighted by Gasteiger charge is 2.33. The summed E-state index contributed by atoms with van der Waals surface area (Å²) in [6.45, 7) is 6.39. The molecule has 0 aliphatic carbocycles. The molecule has 3 heterocycles. The van der Waals surface area contributed by atoms with Gasteiger partial charge in [-0.2, -0.15) is 0 Å². The molecule has 4 bridgehead atoms. The second-order valence-corrected chi connectivity index (χ2v) is 14.5. The monoisotopic (exact) mass is 685 g/mol. The van der Waals surface area contributed by atoms with Crippen molar-refractivity contribution in [3.8, 4) is 22.1 Å². The van der Waals surface area contributed by atoms with Gasteiger partial charge in [0.2, 0.25) is 0 Å². The van der Waals surface area contributed by atoms with E-state index in [2.05, 4.69) is 31.8 Å². The Labute approximate surface area is 288 Å². The number of rotatable bonds is 4. The molecule has 0 radical (unpaired) electrons. The molecule has 1 atom stereocenters. The first kappa shape index (κ1) is 34.1. The minimum absolute atomic E-state index is 0.0144. The SMILES string of the molecule is CC1(C)CCCCC(C)(c2cccc(CCC(=O)O)c2)c2csc(n2)-c2cc(ccc2F)Oc2c(F)cc3[nH]ccc3c2CN(N)/C=C/1N. The third-order valence-electron chi connectivity index (χ3n) is 9.67. The Bertz CT molecular complexity index is 2040. The van der Waals surface area contributed by atoms with Crippen LogP contribution in [0.4, 0.5) is 8.78 Å². The number of nitrogens with two attached hydrogens (primary N) is 2. The molecule has 0 spiro atoms. The van der Waals surface area contributed by atoms with Crippen LogP contribution in [0.5, 0.6) is 11.5 Å². The van der Waals surface area contributed by atoms with E-state index in [0.717, 1.165) is 47.9 Å². The number of ether oxygens (including phenoxy) is 1. The van der Waals surface area contributed by atoms with Gasteiger partial charge < -0.3 is 25.6 Å². The molecule has 256 valence electrons. The van der Waals surface area contributed by atoms with Gasteiger partial charge in [0.25, 0.3) is 0 Å². The molecule has 8 nitrogen and oxygen atoms in total. The molecule has 1 unspecified atom stereocenters. The Morgan fingerprint density at radius 1 is 1.08 bits per heavy atom. The first-order valence-electron chi connectivity index (χ1n) is 16.4. The molecule has 0 saturated carbocycles. The number of carboxylic acid groups (broad SMARTS) is 1. The molecule has 6 N–H and O–H groups in total. The third kappa shape index (κ3) is 7.18. The average molecular weight is 686 g/mol. The number of thiazole rings is 1. The van der Waals surface area contributed by atoms with Gasteiger partial charge in [0, 0.05) is 68.8 Å². The zero-order chi connectivity index (χ0) is 34.9. The Hall–Kier alpha value is -4.74. The molecule has 3 aromatic carbocycles. The number of nitrogens with zero attached hydrogens (tertiary/aromatic N) is 2. The molecule has 1 aliphatic heterocycles. The van der Waals surface area contributed by atoms with E-state index < -0.39 is 23.0 Å². The summed E-state index contributed by atoms with van der Waals surface area (Å²) in [6.07, 6.45) is 7.11. The van der Waals surface area contributed by atoms with E-state index in [9.17, 15) is 9.90 Å². The third-order valence-corrected chi connectivity index (χ3v) is 10.5. The van der Waals surface area contributed by atoms with Gasteiger partial charge in [0.1, 0.15) is 16.6 Å². The molecular weight excluding hydrogens is 645 g/mol. The highest BCUT2D eigenvalue weighted by Crippen LogP contribution is 2.42. The number of aromatic amines is 1. The Kier molecular flexibility index (Phi) is 9.50. The van der Waals surface area contributed by atoms with E-state index in [4.69, 9.17) is 21.3 Å². The van der Waals surface area contributed by atoms with Crippen molar-refractivity contribution in [1.29, 1.82) is 0 Å². The van der Waals surface area contributed by atoms with Gasteiger partial charge in [-0.15, -0.1) is 11.3 Å². The lowest BCUT2D eigenvalue weighted by Gasteiger charge is -2.31. The maximum absolute atomic E-state index is 15.7. The zero-order valence-electron chi connectivity index (χ0n) is 27.9. The van der Waals surface area contributed by atoms with Crippen LogP contribution in [0.2, 0.25) is 0 Å². The molecule has 1 aliphatic rings. The highest BCUT2D eigenvalue weighted by atomic mass is 32.1. The molecule has 6 rings (SSSR count). The molecule has 49 heavy (non-hydrogen) atoms. The summed E-state index contributed by atoms with van der Waals surface area (Å²) in [7, 11) is 0. The van der Waals surface area contributed by atoms with E-state index in [-0.39, 0.29) is 35.4 Å². The number of H-pyrrole nitrogens is 1. The summed E-state index contributed by atoms with van der Waals surface area (Å²) in [5.74, 6) is 4.81. The van der Waals surface area contributed by atoms with Crippen molar-refractivity contribution in [2.45, 2.75) is 71.3 Å². The van der Waals surface area contributed by atoms with Gasteiger partial charge in [0.15, 0.2) is 11.6 Å². The number of aryl methyl sites for hydroxylation is 1. The van der Waals surface area contributed by atoms with E-state index in [1.54, 1.807) is 18.5 Å². The van der Waals surface area contributed by atoms with Gasteiger partial charge >= 0.3 is 5.97 Å². The van der Waals surface area contributed by atoms with E-state index >= 15 is 8.78 Å². The normalized spacial score (nSPS) is 19.6. The number of carbonyl (C=O) groups is 1. The van der Waals surface area contributed by atoms with Crippen molar-refractivity contribution in [2.75, 3.05) is 0 Å². The maximum atomic E-state index is 15.7. The Morgan fingerprint density at radius 3 is 2.67 bits per heavy atom. The summed E-state index contributed by atoms with van der Waals surface area (Å²) < 4.78 is 37.4. The fourth-order valence-corrected chi connectivity index (χ4v) is 7.48. The Morgan fingerprint density at radius 2 is 1.88 bits per heavy atom. The number of aromatic nitrogens is 2. The van der Waals surface area contributed by atoms with Crippen molar-refractivity contribution >= 4 is 28.2 Å². The van der Waals surface area contributed by atoms with Gasteiger partial charge in [-0.25, -0.2) is 19.6 Å². The summed E-state index contributed by atoms with van der Waals surface area (Å²) in [5, 5.41) is 13.9. The number of aliphatic carboxylic acids is 1. The first-order chi connectivity index (χ1) is 23.3. The fraction of sp³-hybridized carbons (Fsp3) is 0.316. The number of halogens is 2. The lowest BCUT2D eigenvalue weighted by atomic mass is 9.74.